The van der Waals surface area contributed by atoms with Gasteiger partial charge in [-0.05, 0) is 6.07 Å². The zero-order valence-corrected chi connectivity index (χ0v) is 12.3. The smallest absolute Gasteiger partial charge is 0.0443 e. The van der Waals surface area contributed by atoms with Crippen molar-refractivity contribution >= 4 is 17.4 Å². The van der Waals surface area contributed by atoms with E-state index in [0.717, 1.165) is 24.9 Å². The Labute approximate surface area is 114 Å². The van der Waals surface area contributed by atoms with Gasteiger partial charge in [-0.25, -0.2) is 0 Å². The normalized spacial score (nSPS) is 20.4. The SMILES string of the molecule is CC(C)NCc1cnccc1N1CCSC(C)C1. The van der Waals surface area contributed by atoms with Crippen LogP contribution >= 0.6 is 11.8 Å². The molecule has 0 amide bonds. The van der Waals surface area contributed by atoms with Crippen LogP contribution < -0.4 is 10.2 Å². The molecule has 1 aromatic rings. The number of thioether (sulfide) groups is 1. The molecule has 2 rings (SSSR count). The fourth-order valence-corrected chi connectivity index (χ4v) is 3.23. The van der Waals surface area contributed by atoms with E-state index >= 15 is 0 Å². The largest absolute Gasteiger partial charge is 0.369 e. The average molecular weight is 265 g/mol. The molecular formula is C14H23N3S. The van der Waals surface area contributed by atoms with Crippen molar-refractivity contribution in [1.82, 2.24) is 10.3 Å². The Kier molecular flexibility index (Phi) is 4.89. The van der Waals surface area contributed by atoms with Crippen LogP contribution in [-0.2, 0) is 6.54 Å². The molecule has 2 heterocycles. The first-order valence-electron chi connectivity index (χ1n) is 6.69. The first-order valence-corrected chi connectivity index (χ1v) is 7.74. The van der Waals surface area contributed by atoms with Gasteiger partial charge in [0.2, 0.25) is 0 Å². The topological polar surface area (TPSA) is 28.2 Å². The van der Waals surface area contributed by atoms with Crippen molar-refractivity contribution in [3.05, 3.63) is 24.0 Å². The third kappa shape index (κ3) is 3.62. The van der Waals surface area contributed by atoms with Crippen LogP contribution in [0.4, 0.5) is 5.69 Å². The van der Waals surface area contributed by atoms with Crippen LogP contribution in [0.3, 0.4) is 0 Å². The molecule has 1 aromatic heterocycles. The van der Waals surface area contributed by atoms with E-state index in [0.29, 0.717) is 6.04 Å². The minimum atomic E-state index is 0.508. The molecule has 1 fully saturated rings. The molecule has 100 valence electrons. The van der Waals surface area contributed by atoms with Gasteiger partial charge in [0.15, 0.2) is 0 Å². The van der Waals surface area contributed by atoms with Crippen molar-refractivity contribution in [2.45, 2.75) is 38.6 Å². The van der Waals surface area contributed by atoms with Gasteiger partial charge in [-0.2, -0.15) is 11.8 Å². The van der Waals surface area contributed by atoms with Gasteiger partial charge >= 0.3 is 0 Å². The highest BCUT2D eigenvalue weighted by Gasteiger charge is 2.19. The van der Waals surface area contributed by atoms with Crippen molar-refractivity contribution in [3.8, 4) is 0 Å². The molecule has 1 aliphatic heterocycles. The van der Waals surface area contributed by atoms with Crippen LogP contribution in [0.1, 0.15) is 26.3 Å². The Balaban J connectivity index is 2.10. The lowest BCUT2D eigenvalue weighted by atomic mass is 10.2. The highest BCUT2D eigenvalue weighted by atomic mass is 32.2. The summed E-state index contributed by atoms with van der Waals surface area (Å²) in [4.78, 5) is 6.77. The number of hydrogen-bond acceptors (Lipinski definition) is 4. The summed E-state index contributed by atoms with van der Waals surface area (Å²) >= 11 is 2.07. The Morgan fingerprint density at radius 2 is 2.39 bits per heavy atom. The summed E-state index contributed by atoms with van der Waals surface area (Å²) in [7, 11) is 0. The van der Waals surface area contributed by atoms with Gasteiger partial charge in [0, 0.05) is 60.3 Å². The summed E-state index contributed by atoms with van der Waals surface area (Å²) in [5.74, 6) is 1.22. The zero-order chi connectivity index (χ0) is 13.0. The Hall–Kier alpha value is -0.740. The van der Waals surface area contributed by atoms with E-state index < -0.39 is 0 Å². The summed E-state index contributed by atoms with van der Waals surface area (Å²) in [6.45, 7) is 9.85. The van der Waals surface area contributed by atoms with Crippen molar-refractivity contribution in [2.24, 2.45) is 0 Å². The fraction of sp³-hybridized carbons (Fsp3) is 0.643. The van der Waals surface area contributed by atoms with Gasteiger partial charge in [0.05, 0.1) is 0 Å². The number of rotatable bonds is 4. The first kappa shape index (κ1) is 13.7. The number of hydrogen-bond donors (Lipinski definition) is 1. The number of aromatic nitrogens is 1. The molecular weight excluding hydrogens is 242 g/mol. The average Bonchev–Trinajstić information content (AvgIpc) is 2.36. The molecule has 0 aromatic carbocycles. The molecule has 0 radical (unpaired) electrons. The lowest BCUT2D eigenvalue weighted by molar-refractivity contribution is 0.586. The number of nitrogens with one attached hydrogen (secondary N) is 1. The Morgan fingerprint density at radius 1 is 1.56 bits per heavy atom. The molecule has 1 atom stereocenters. The molecule has 1 N–H and O–H groups in total. The molecule has 0 bridgehead atoms. The minimum absolute atomic E-state index is 0.508. The Bertz CT molecular complexity index is 381. The van der Waals surface area contributed by atoms with Crippen LogP contribution in [0.2, 0.25) is 0 Å². The van der Waals surface area contributed by atoms with Crippen LogP contribution in [0.15, 0.2) is 18.5 Å². The summed E-state index contributed by atoms with van der Waals surface area (Å²) in [5, 5.41) is 4.20. The molecule has 3 nitrogen and oxygen atoms in total. The van der Waals surface area contributed by atoms with Crippen LogP contribution in [0.5, 0.6) is 0 Å². The second-order valence-corrected chi connectivity index (χ2v) is 6.71. The third-order valence-electron chi connectivity index (χ3n) is 3.16. The van der Waals surface area contributed by atoms with Gasteiger partial charge in [-0.3, -0.25) is 4.98 Å². The van der Waals surface area contributed by atoms with Crippen molar-refractivity contribution in [2.75, 3.05) is 23.7 Å². The number of nitrogens with zero attached hydrogens (tertiary/aromatic N) is 2. The predicted molar refractivity (Wildman–Crippen MR) is 80.3 cm³/mol. The summed E-state index contributed by atoms with van der Waals surface area (Å²) in [5.41, 5.74) is 2.66. The van der Waals surface area contributed by atoms with Crippen LogP contribution in [0, 0.1) is 0 Å². The molecule has 1 aliphatic rings. The quantitative estimate of drug-likeness (QED) is 0.905. The second kappa shape index (κ2) is 6.43. The fourth-order valence-electron chi connectivity index (χ4n) is 2.22. The highest BCUT2D eigenvalue weighted by molar-refractivity contribution is 8.00. The van der Waals surface area contributed by atoms with Crippen LogP contribution in [-0.4, -0.2) is 35.1 Å². The summed E-state index contributed by atoms with van der Waals surface area (Å²) in [6.07, 6.45) is 3.90. The first-order chi connectivity index (χ1) is 8.66. The maximum atomic E-state index is 4.27. The van der Waals surface area contributed by atoms with E-state index in [1.54, 1.807) is 0 Å². The van der Waals surface area contributed by atoms with Crippen molar-refractivity contribution in [3.63, 3.8) is 0 Å². The molecule has 0 saturated carbocycles. The molecule has 0 spiro atoms. The van der Waals surface area contributed by atoms with E-state index in [9.17, 15) is 0 Å². The molecule has 4 heteroatoms. The standard InChI is InChI=1S/C14H23N3S/c1-11(2)16-9-13-8-15-5-4-14(13)17-6-7-18-12(3)10-17/h4-5,8,11-12,16H,6-7,9-10H2,1-3H3. The van der Waals surface area contributed by atoms with Gasteiger partial charge in [-0.15, -0.1) is 0 Å². The van der Waals surface area contributed by atoms with E-state index in [1.165, 1.54) is 17.0 Å². The second-order valence-electron chi connectivity index (χ2n) is 5.17. The third-order valence-corrected chi connectivity index (χ3v) is 4.30. The molecule has 1 unspecified atom stereocenters. The van der Waals surface area contributed by atoms with E-state index in [2.05, 4.69) is 53.8 Å². The number of anilines is 1. The van der Waals surface area contributed by atoms with E-state index in [-0.39, 0.29) is 0 Å². The van der Waals surface area contributed by atoms with Gasteiger partial charge < -0.3 is 10.2 Å². The van der Waals surface area contributed by atoms with Gasteiger partial charge in [-0.1, -0.05) is 20.8 Å². The summed E-state index contributed by atoms with van der Waals surface area (Å²) < 4.78 is 0. The van der Waals surface area contributed by atoms with Crippen LogP contribution in [0.25, 0.3) is 0 Å². The maximum absolute atomic E-state index is 4.27. The number of pyridine rings is 1. The van der Waals surface area contributed by atoms with E-state index in [1.807, 2.05) is 12.4 Å². The molecule has 0 aliphatic carbocycles. The minimum Gasteiger partial charge on any atom is -0.369 e. The van der Waals surface area contributed by atoms with Gasteiger partial charge in [0.1, 0.15) is 0 Å². The monoisotopic (exact) mass is 265 g/mol. The lowest BCUT2D eigenvalue weighted by Gasteiger charge is -2.33. The summed E-state index contributed by atoms with van der Waals surface area (Å²) in [6, 6.07) is 2.66. The zero-order valence-electron chi connectivity index (χ0n) is 11.5. The molecule has 18 heavy (non-hydrogen) atoms. The predicted octanol–water partition coefficient (Wildman–Crippen LogP) is 2.52. The van der Waals surface area contributed by atoms with Crippen molar-refractivity contribution < 1.29 is 0 Å². The van der Waals surface area contributed by atoms with Gasteiger partial charge in [0.25, 0.3) is 0 Å². The molecule has 1 saturated heterocycles. The lowest BCUT2D eigenvalue weighted by Crippen LogP contribution is -2.37. The highest BCUT2D eigenvalue weighted by Crippen LogP contribution is 2.26. The maximum Gasteiger partial charge on any atom is 0.0443 e. The van der Waals surface area contributed by atoms with Crippen molar-refractivity contribution in [1.29, 1.82) is 0 Å². The van der Waals surface area contributed by atoms with E-state index in [4.69, 9.17) is 0 Å². The Morgan fingerprint density at radius 3 is 3.11 bits per heavy atom.